The highest BCUT2D eigenvalue weighted by Crippen LogP contribution is 2.27. The van der Waals surface area contributed by atoms with Crippen LogP contribution in [0.5, 0.6) is 0 Å². The van der Waals surface area contributed by atoms with Crippen LogP contribution in [-0.4, -0.2) is 16.7 Å². The zero-order valence-electron chi connectivity index (χ0n) is 12.9. The highest BCUT2D eigenvalue weighted by molar-refractivity contribution is 6.32. The number of nitrogens with one attached hydrogen (secondary N) is 1. The van der Waals surface area contributed by atoms with Gasteiger partial charge in [-0.2, -0.15) is 0 Å². The number of nitrogens with zero attached hydrogens (tertiary/aromatic N) is 2. The quantitative estimate of drug-likeness (QED) is 0.403. The summed E-state index contributed by atoms with van der Waals surface area (Å²) in [5.41, 5.74) is 8.22. The van der Waals surface area contributed by atoms with Gasteiger partial charge in [-0.05, 0) is 5.56 Å². The number of hydrogen-bond acceptors (Lipinski definition) is 5. The molecule has 3 aromatic rings. The van der Waals surface area contributed by atoms with Gasteiger partial charge in [0, 0.05) is 5.56 Å². The van der Waals surface area contributed by atoms with Gasteiger partial charge in [0.05, 0.1) is 6.61 Å². The minimum absolute atomic E-state index is 0.217. The Kier molecular flexibility index (Phi) is 5.25. The summed E-state index contributed by atoms with van der Waals surface area (Å²) in [5, 5.41) is 3.27. The number of halogens is 1. The molecule has 0 saturated carbocycles. The van der Waals surface area contributed by atoms with Crippen LogP contribution in [0.15, 0.2) is 60.7 Å². The summed E-state index contributed by atoms with van der Waals surface area (Å²) in [6, 6.07) is 19.5. The van der Waals surface area contributed by atoms with Crippen molar-refractivity contribution in [2.45, 2.75) is 6.61 Å². The monoisotopic (exact) mass is 340 g/mol. The summed E-state index contributed by atoms with van der Waals surface area (Å²) in [4.78, 5) is 8.66. The van der Waals surface area contributed by atoms with Crippen molar-refractivity contribution in [1.82, 2.24) is 9.97 Å². The van der Waals surface area contributed by atoms with E-state index in [0.717, 1.165) is 11.1 Å². The van der Waals surface area contributed by atoms with Gasteiger partial charge in [-0.25, -0.2) is 9.97 Å². The fourth-order valence-electron chi connectivity index (χ4n) is 2.16. The number of anilines is 2. The van der Waals surface area contributed by atoms with Crippen molar-refractivity contribution in [2.24, 2.45) is 0 Å². The summed E-state index contributed by atoms with van der Waals surface area (Å²) in [7, 11) is 0. The van der Waals surface area contributed by atoms with Gasteiger partial charge in [0.25, 0.3) is 0 Å². The zero-order chi connectivity index (χ0) is 16.8. The number of benzene rings is 2. The van der Waals surface area contributed by atoms with E-state index in [1.54, 1.807) is 0 Å². The highest BCUT2D eigenvalue weighted by Gasteiger charge is 2.11. The van der Waals surface area contributed by atoms with Crippen LogP contribution >= 0.6 is 11.6 Å². The molecular formula is C18H17ClN4O. The van der Waals surface area contributed by atoms with Crippen LogP contribution in [0.2, 0.25) is 5.15 Å². The van der Waals surface area contributed by atoms with E-state index in [-0.39, 0.29) is 11.9 Å². The first-order valence-corrected chi connectivity index (χ1v) is 7.86. The maximum Gasteiger partial charge on any atom is 0.163 e. The number of hydrogen-bond donors (Lipinski definition) is 2. The molecule has 3 N–H and O–H groups in total. The van der Waals surface area contributed by atoms with E-state index in [4.69, 9.17) is 22.1 Å². The lowest BCUT2D eigenvalue weighted by molar-refractivity contribution is 0.138. The van der Waals surface area contributed by atoms with Crippen molar-refractivity contribution in [3.63, 3.8) is 0 Å². The molecule has 24 heavy (non-hydrogen) atoms. The fraction of sp³-hybridized carbons (Fsp3) is 0.111. The Morgan fingerprint density at radius 1 is 0.958 bits per heavy atom. The van der Waals surface area contributed by atoms with Gasteiger partial charge in [-0.1, -0.05) is 72.3 Å². The van der Waals surface area contributed by atoms with Gasteiger partial charge in [0.1, 0.15) is 12.4 Å². The largest absolute Gasteiger partial charge is 0.393 e. The molecular weight excluding hydrogens is 324 g/mol. The van der Waals surface area contributed by atoms with Crippen molar-refractivity contribution in [1.29, 1.82) is 0 Å². The Balaban J connectivity index is 1.67. The second kappa shape index (κ2) is 7.77. The molecule has 0 spiro atoms. The van der Waals surface area contributed by atoms with Crippen LogP contribution in [0.1, 0.15) is 5.56 Å². The standard InChI is InChI=1S/C18H17ClN4O/c19-16-15(20)18(21-12-24-11-13-7-3-1-4-8-13)23-17(22-16)14-9-5-2-6-10-14/h1-10H,11-12,20H2,(H,21,22,23). The molecule has 2 aromatic carbocycles. The lowest BCUT2D eigenvalue weighted by Gasteiger charge is -2.11. The van der Waals surface area contributed by atoms with Gasteiger partial charge in [-0.3, -0.25) is 0 Å². The second-order valence-electron chi connectivity index (χ2n) is 5.12. The third kappa shape index (κ3) is 4.01. The van der Waals surface area contributed by atoms with Crippen LogP contribution in [0.3, 0.4) is 0 Å². The second-order valence-corrected chi connectivity index (χ2v) is 5.48. The predicted molar refractivity (Wildman–Crippen MR) is 96.6 cm³/mol. The number of rotatable bonds is 6. The molecule has 0 aliphatic heterocycles. The summed E-state index contributed by atoms with van der Waals surface area (Å²) in [6.07, 6.45) is 0. The lowest BCUT2D eigenvalue weighted by atomic mass is 10.2. The molecule has 0 aliphatic rings. The third-order valence-corrected chi connectivity index (χ3v) is 3.67. The third-order valence-electron chi connectivity index (χ3n) is 3.38. The molecule has 6 heteroatoms. The Bertz CT molecular complexity index is 797. The summed E-state index contributed by atoms with van der Waals surface area (Å²) >= 11 is 6.12. The zero-order valence-corrected chi connectivity index (χ0v) is 13.7. The lowest BCUT2D eigenvalue weighted by Crippen LogP contribution is -2.11. The first-order valence-electron chi connectivity index (χ1n) is 7.48. The molecule has 0 radical (unpaired) electrons. The Morgan fingerprint density at radius 3 is 2.33 bits per heavy atom. The Labute approximate surface area is 145 Å². The van der Waals surface area contributed by atoms with Gasteiger partial charge < -0.3 is 15.8 Å². The maximum atomic E-state index is 6.12. The van der Waals surface area contributed by atoms with Crippen LogP contribution < -0.4 is 11.1 Å². The number of nitrogens with two attached hydrogens (primary N) is 1. The smallest absolute Gasteiger partial charge is 0.163 e. The minimum atomic E-state index is 0.217. The van der Waals surface area contributed by atoms with Crippen molar-refractivity contribution in [2.75, 3.05) is 17.8 Å². The maximum absolute atomic E-state index is 6.12. The molecule has 0 bridgehead atoms. The van der Waals surface area contributed by atoms with Gasteiger partial charge >= 0.3 is 0 Å². The molecule has 1 heterocycles. The van der Waals surface area contributed by atoms with E-state index >= 15 is 0 Å². The molecule has 1 aromatic heterocycles. The van der Waals surface area contributed by atoms with Crippen molar-refractivity contribution < 1.29 is 4.74 Å². The number of nitrogen functional groups attached to an aromatic ring is 1. The first kappa shape index (κ1) is 16.2. The fourth-order valence-corrected chi connectivity index (χ4v) is 2.33. The molecule has 0 aliphatic carbocycles. The average molecular weight is 341 g/mol. The molecule has 0 amide bonds. The molecule has 122 valence electrons. The molecule has 0 fully saturated rings. The minimum Gasteiger partial charge on any atom is -0.393 e. The van der Waals surface area contributed by atoms with Gasteiger partial charge in [-0.15, -0.1) is 0 Å². The molecule has 0 saturated heterocycles. The summed E-state index contributed by atoms with van der Waals surface area (Å²) < 4.78 is 5.59. The van der Waals surface area contributed by atoms with E-state index in [1.165, 1.54) is 0 Å². The predicted octanol–water partition coefficient (Wildman–Crippen LogP) is 3.97. The first-order chi connectivity index (χ1) is 11.7. The number of ether oxygens (including phenoxy) is 1. The summed E-state index contributed by atoms with van der Waals surface area (Å²) in [5.74, 6) is 0.974. The van der Waals surface area contributed by atoms with Crippen LogP contribution in [0.25, 0.3) is 11.4 Å². The van der Waals surface area contributed by atoms with E-state index in [2.05, 4.69) is 15.3 Å². The van der Waals surface area contributed by atoms with Crippen LogP contribution in [0.4, 0.5) is 11.5 Å². The van der Waals surface area contributed by atoms with E-state index < -0.39 is 0 Å². The van der Waals surface area contributed by atoms with Crippen molar-refractivity contribution >= 4 is 23.1 Å². The molecule has 3 rings (SSSR count). The molecule has 0 unspecified atom stereocenters. The van der Waals surface area contributed by atoms with Crippen molar-refractivity contribution in [3.05, 3.63) is 71.4 Å². The molecule has 0 atom stereocenters. The SMILES string of the molecule is Nc1c(Cl)nc(-c2ccccc2)nc1NCOCc1ccccc1. The molecule has 5 nitrogen and oxygen atoms in total. The van der Waals surface area contributed by atoms with Crippen LogP contribution in [-0.2, 0) is 11.3 Å². The summed E-state index contributed by atoms with van der Waals surface area (Å²) in [6.45, 7) is 0.763. The highest BCUT2D eigenvalue weighted by atomic mass is 35.5. The Hall–Kier alpha value is -2.63. The number of aromatic nitrogens is 2. The average Bonchev–Trinajstić information content (AvgIpc) is 2.63. The normalized spacial score (nSPS) is 10.5. The van der Waals surface area contributed by atoms with E-state index in [0.29, 0.717) is 23.9 Å². The van der Waals surface area contributed by atoms with Crippen LogP contribution in [0, 0.1) is 0 Å². The van der Waals surface area contributed by atoms with E-state index in [9.17, 15) is 0 Å². The topological polar surface area (TPSA) is 73.1 Å². The Morgan fingerprint density at radius 2 is 1.62 bits per heavy atom. The van der Waals surface area contributed by atoms with Crippen molar-refractivity contribution in [3.8, 4) is 11.4 Å². The van der Waals surface area contributed by atoms with E-state index in [1.807, 2.05) is 60.7 Å². The van der Waals surface area contributed by atoms with Gasteiger partial charge in [0.2, 0.25) is 0 Å². The van der Waals surface area contributed by atoms with Gasteiger partial charge in [0.15, 0.2) is 16.8 Å².